The zero-order valence-corrected chi connectivity index (χ0v) is 15.7. The number of carbonyl (C=O) groups is 2. The highest BCUT2D eigenvalue weighted by molar-refractivity contribution is 5.97. The SMILES string of the molecule is CCN(CC(=O)Nc1cccc(C(=O)NC)c1)Cc1ccc(OC)c(F)c1. The lowest BCUT2D eigenvalue weighted by atomic mass is 10.2. The maximum absolute atomic E-state index is 13.8. The molecule has 0 saturated heterocycles. The largest absolute Gasteiger partial charge is 0.494 e. The number of nitrogens with one attached hydrogen (secondary N) is 2. The second-order valence-corrected chi connectivity index (χ2v) is 5.98. The first-order valence-corrected chi connectivity index (χ1v) is 8.63. The number of nitrogens with zero attached hydrogens (tertiary/aromatic N) is 1. The summed E-state index contributed by atoms with van der Waals surface area (Å²) in [7, 11) is 2.97. The summed E-state index contributed by atoms with van der Waals surface area (Å²) in [5, 5.41) is 5.33. The monoisotopic (exact) mass is 373 g/mol. The van der Waals surface area contributed by atoms with Crippen LogP contribution in [0.2, 0.25) is 0 Å². The van der Waals surface area contributed by atoms with Crippen LogP contribution in [0, 0.1) is 5.82 Å². The molecule has 0 fully saturated rings. The molecule has 6 nitrogen and oxygen atoms in total. The number of benzene rings is 2. The van der Waals surface area contributed by atoms with Crippen LogP contribution in [0.25, 0.3) is 0 Å². The molecule has 0 aliphatic heterocycles. The number of likely N-dealkylation sites (N-methyl/N-ethyl adjacent to an activating group) is 1. The van der Waals surface area contributed by atoms with Crippen LogP contribution >= 0.6 is 0 Å². The molecule has 0 spiro atoms. The Kier molecular flexibility index (Phi) is 7.31. The minimum Gasteiger partial charge on any atom is -0.494 e. The zero-order valence-electron chi connectivity index (χ0n) is 15.7. The lowest BCUT2D eigenvalue weighted by molar-refractivity contribution is -0.117. The predicted octanol–water partition coefficient (Wildman–Crippen LogP) is 2.65. The van der Waals surface area contributed by atoms with E-state index in [9.17, 15) is 14.0 Å². The number of methoxy groups -OCH3 is 1. The molecule has 0 unspecified atom stereocenters. The molecule has 0 saturated carbocycles. The van der Waals surface area contributed by atoms with Crippen molar-refractivity contribution in [1.82, 2.24) is 10.2 Å². The fraction of sp³-hybridized carbons (Fsp3) is 0.300. The van der Waals surface area contributed by atoms with Crippen LogP contribution in [0.3, 0.4) is 0 Å². The van der Waals surface area contributed by atoms with E-state index in [1.807, 2.05) is 11.8 Å². The first kappa shape index (κ1) is 20.4. The fourth-order valence-electron chi connectivity index (χ4n) is 2.63. The van der Waals surface area contributed by atoms with Gasteiger partial charge in [-0.1, -0.05) is 19.1 Å². The van der Waals surface area contributed by atoms with Crippen LogP contribution < -0.4 is 15.4 Å². The lowest BCUT2D eigenvalue weighted by Gasteiger charge is -2.20. The molecule has 144 valence electrons. The molecule has 2 aromatic carbocycles. The third-order valence-electron chi connectivity index (χ3n) is 4.07. The van der Waals surface area contributed by atoms with Crippen molar-refractivity contribution in [2.24, 2.45) is 0 Å². The van der Waals surface area contributed by atoms with Crippen LogP contribution in [-0.4, -0.2) is 44.0 Å². The maximum atomic E-state index is 13.8. The molecule has 0 radical (unpaired) electrons. The standard InChI is InChI=1S/C20H24FN3O3/c1-4-24(12-14-8-9-18(27-3)17(21)10-14)13-19(25)23-16-7-5-6-15(11-16)20(26)22-2/h5-11H,4,12-13H2,1-3H3,(H,22,26)(H,23,25). The Morgan fingerprint density at radius 3 is 2.59 bits per heavy atom. The molecule has 0 aromatic heterocycles. The Morgan fingerprint density at radius 2 is 1.96 bits per heavy atom. The average molecular weight is 373 g/mol. The van der Waals surface area contributed by atoms with Gasteiger partial charge in [0, 0.05) is 24.8 Å². The van der Waals surface area contributed by atoms with Gasteiger partial charge in [-0.25, -0.2) is 4.39 Å². The third-order valence-corrected chi connectivity index (χ3v) is 4.07. The number of amides is 2. The summed E-state index contributed by atoms with van der Waals surface area (Å²) in [6.45, 7) is 3.14. The van der Waals surface area contributed by atoms with Gasteiger partial charge in [0.2, 0.25) is 5.91 Å². The Balaban J connectivity index is 1.98. The van der Waals surface area contributed by atoms with Crippen molar-refractivity contribution < 1.29 is 18.7 Å². The van der Waals surface area contributed by atoms with E-state index in [1.165, 1.54) is 13.2 Å². The Morgan fingerprint density at radius 1 is 1.19 bits per heavy atom. The van der Waals surface area contributed by atoms with E-state index in [-0.39, 0.29) is 24.1 Å². The van der Waals surface area contributed by atoms with Gasteiger partial charge >= 0.3 is 0 Å². The molecule has 27 heavy (non-hydrogen) atoms. The van der Waals surface area contributed by atoms with Gasteiger partial charge in [-0.3, -0.25) is 14.5 Å². The van der Waals surface area contributed by atoms with Crippen LogP contribution in [0.4, 0.5) is 10.1 Å². The zero-order chi connectivity index (χ0) is 19.8. The summed E-state index contributed by atoms with van der Waals surface area (Å²) in [5.41, 5.74) is 1.77. The molecule has 0 aliphatic rings. The van der Waals surface area contributed by atoms with Crippen LogP contribution in [0.15, 0.2) is 42.5 Å². The van der Waals surface area contributed by atoms with E-state index >= 15 is 0 Å². The Bertz CT molecular complexity index is 811. The third kappa shape index (κ3) is 5.79. The van der Waals surface area contributed by atoms with Gasteiger partial charge in [0.25, 0.3) is 5.91 Å². The summed E-state index contributed by atoms with van der Waals surface area (Å²) < 4.78 is 18.7. The van der Waals surface area contributed by atoms with Gasteiger partial charge in [-0.2, -0.15) is 0 Å². The van der Waals surface area contributed by atoms with E-state index in [0.29, 0.717) is 24.3 Å². The summed E-state index contributed by atoms with van der Waals surface area (Å²) in [6.07, 6.45) is 0. The molecular formula is C20H24FN3O3. The van der Waals surface area contributed by atoms with Crippen LogP contribution in [0.5, 0.6) is 5.75 Å². The normalized spacial score (nSPS) is 10.6. The van der Waals surface area contributed by atoms with Crippen molar-refractivity contribution in [2.75, 3.05) is 32.6 Å². The Hall–Kier alpha value is -2.93. The number of hydrogen-bond acceptors (Lipinski definition) is 4. The van der Waals surface area contributed by atoms with Crippen molar-refractivity contribution in [1.29, 1.82) is 0 Å². The van der Waals surface area contributed by atoms with E-state index in [1.54, 1.807) is 43.4 Å². The summed E-state index contributed by atoms with van der Waals surface area (Å²) in [5.74, 6) is -0.667. The van der Waals surface area contributed by atoms with Crippen molar-refractivity contribution in [3.8, 4) is 5.75 Å². The molecule has 2 N–H and O–H groups in total. The van der Waals surface area contributed by atoms with Crippen LogP contribution in [-0.2, 0) is 11.3 Å². The van der Waals surface area contributed by atoms with Crippen LogP contribution in [0.1, 0.15) is 22.8 Å². The number of halogens is 1. The first-order chi connectivity index (χ1) is 13.0. The number of rotatable bonds is 8. The second-order valence-electron chi connectivity index (χ2n) is 5.98. The number of hydrogen-bond donors (Lipinski definition) is 2. The topological polar surface area (TPSA) is 70.7 Å². The molecule has 2 amide bonds. The fourth-order valence-corrected chi connectivity index (χ4v) is 2.63. The van der Waals surface area contributed by atoms with Gasteiger partial charge in [0.15, 0.2) is 11.6 Å². The van der Waals surface area contributed by atoms with E-state index in [0.717, 1.165) is 5.56 Å². The molecule has 7 heteroatoms. The lowest BCUT2D eigenvalue weighted by Crippen LogP contribution is -2.32. The highest BCUT2D eigenvalue weighted by atomic mass is 19.1. The van der Waals surface area contributed by atoms with E-state index in [2.05, 4.69) is 10.6 Å². The highest BCUT2D eigenvalue weighted by Crippen LogP contribution is 2.18. The van der Waals surface area contributed by atoms with Crippen molar-refractivity contribution in [3.63, 3.8) is 0 Å². The smallest absolute Gasteiger partial charge is 0.251 e. The van der Waals surface area contributed by atoms with Crippen molar-refractivity contribution >= 4 is 17.5 Å². The van der Waals surface area contributed by atoms with Crippen molar-refractivity contribution in [2.45, 2.75) is 13.5 Å². The minimum atomic E-state index is -0.429. The first-order valence-electron chi connectivity index (χ1n) is 8.63. The highest BCUT2D eigenvalue weighted by Gasteiger charge is 2.12. The minimum absolute atomic E-state index is 0.147. The van der Waals surface area contributed by atoms with Gasteiger partial charge in [0.1, 0.15) is 0 Å². The quantitative estimate of drug-likeness (QED) is 0.746. The summed E-state index contributed by atoms with van der Waals surface area (Å²) >= 11 is 0. The van der Waals surface area contributed by atoms with Crippen molar-refractivity contribution in [3.05, 3.63) is 59.4 Å². The van der Waals surface area contributed by atoms with E-state index in [4.69, 9.17) is 4.74 Å². The molecule has 0 aliphatic carbocycles. The number of anilines is 1. The molecule has 2 aromatic rings. The molecule has 0 bridgehead atoms. The van der Waals surface area contributed by atoms with E-state index < -0.39 is 5.82 Å². The summed E-state index contributed by atoms with van der Waals surface area (Å²) in [6, 6.07) is 11.5. The number of carbonyl (C=O) groups excluding carboxylic acids is 2. The maximum Gasteiger partial charge on any atom is 0.251 e. The van der Waals surface area contributed by atoms with Gasteiger partial charge in [-0.05, 0) is 42.4 Å². The second kappa shape index (κ2) is 9.68. The predicted molar refractivity (Wildman–Crippen MR) is 102 cm³/mol. The Labute approximate surface area is 158 Å². The van der Waals surface area contributed by atoms with Gasteiger partial charge in [-0.15, -0.1) is 0 Å². The molecule has 0 heterocycles. The van der Waals surface area contributed by atoms with Gasteiger partial charge in [0.05, 0.1) is 13.7 Å². The average Bonchev–Trinajstić information content (AvgIpc) is 2.67. The molecule has 0 atom stereocenters. The molecular weight excluding hydrogens is 349 g/mol. The summed E-state index contributed by atoms with van der Waals surface area (Å²) in [4.78, 5) is 25.9. The van der Waals surface area contributed by atoms with Gasteiger partial charge < -0.3 is 15.4 Å². The molecule has 2 rings (SSSR count). The number of ether oxygens (including phenoxy) is 1.